The number of anilines is 2. The van der Waals surface area contributed by atoms with Crippen LogP contribution in [0.2, 0.25) is 0 Å². The third-order valence-corrected chi connectivity index (χ3v) is 4.96. The minimum atomic E-state index is -4.86. The zero-order valence-electron chi connectivity index (χ0n) is 16.6. The van der Waals surface area contributed by atoms with Crippen LogP contribution in [-0.4, -0.2) is 41.6 Å². The summed E-state index contributed by atoms with van der Waals surface area (Å²) in [5.41, 5.74) is 1.26. The second-order valence-electron chi connectivity index (χ2n) is 7.14. The number of fused-ring (bicyclic) bond motifs is 1. The Kier molecular flexibility index (Phi) is 5.53. The highest BCUT2D eigenvalue weighted by molar-refractivity contribution is 6.06. The van der Waals surface area contributed by atoms with Gasteiger partial charge in [0.05, 0.1) is 5.69 Å². The van der Waals surface area contributed by atoms with E-state index < -0.39 is 12.1 Å². The lowest BCUT2D eigenvalue weighted by Gasteiger charge is -2.24. The Balaban J connectivity index is 1.82. The van der Waals surface area contributed by atoms with Crippen molar-refractivity contribution in [1.82, 2.24) is 14.7 Å². The summed E-state index contributed by atoms with van der Waals surface area (Å²) in [5, 5.41) is 3.24. The first-order valence-corrected chi connectivity index (χ1v) is 9.67. The molecule has 2 heterocycles. The molecule has 1 aliphatic rings. The number of imidazole rings is 1. The SMILES string of the molecule is CN=C(NCC1CC1)c1ccc(OC(F)(F)F)cc1N(C=O)c1cccc2nccn12. The Morgan fingerprint density at radius 1 is 1.35 bits per heavy atom. The maximum atomic E-state index is 12.8. The molecular weight excluding hydrogens is 411 g/mol. The van der Waals surface area contributed by atoms with Gasteiger partial charge in [-0.05, 0) is 43.0 Å². The molecule has 0 bridgehead atoms. The largest absolute Gasteiger partial charge is 0.573 e. The summed E-state index contributed by atoms with van der Waals surface area (Å²) < 4.78 is 44.3. The summed E-state index contributed by atoms with van der Waals surface area (Å²) >= 11 is 0. The van der Waals surface area contributed by atoms with Crippen LogP contribution in [0, 0.1) is 5.92 Å². The molecule has 1 aliphatic carbocycles. The average molecular weight is 431 g/mol. The summed E-state index contributed by atoms with van der Waals surface area (Å²) in [5.74, 6) is 1.00. The highest BCUT2D eigenvalue weighted by Crippen LogP contribution is 2.34. The molecule has 3 aromatic rings. The molecule has 0 atom stereocenters. The first-order chi connectivity index (χ1) is 14.9. The number of amidine groups is 1. The van der Waals surface area contributed by atoms with Gasteiger partial charge in [-0.25, -0.2) is 4.98 Å². The number of hydrogen-bond acceptors (Lipinski definition) is 4. The number of aromatic nitrogens is 2. The van der Waals surface area contributed by atoms with Crippen molar-refractivity contribution in [2.45, 2.75) is 19.2 Å². The second kappa shape index (κ2) is 8.29. The molecule has 0 radical (unpaired) electrons. The van der Waals surface area contributed by atoms with E-state index in [-0.39, 0.29) is 5.69 Å². The fourth-order valence-electron chi connectivity index (χ4n) is 3.33. The van der Waals surface area contributed by atoms with Crippen LogP contribution in [0.15, 0.2) is 53.8 Å². The number of carbonyl (C=O) groups is 1. The van der Waals surface area contributed by atoms with Crippen molar-refractivity contribution < 1.29 is 22.7 Å². The van der Waals surface area contributed by atoms with E-state index >= 15 is 0 Å². The predicted octanol–water partition coefficient (Wildman–Crippen LogP) is 3.90. The van der Waals surface area contributed by atoms with Crippen molar-refractivity contribution in [3.8, 4) is 5.75 Å². The van der Waals surface area contributed by atoms with Gasteiger partial charge < -0.3 is 10.1 Å². The molecule has 2 aromatic heterocycles. The number of nitrogens with zero attached hydrogens (tertiary/aromatic N) is 4. The van der Waals surface area contributed by atoms with Crippen LogP contribution in [-0.2, 0) is 4.79 Å². The molecular formula is C21H20F3N5O2. The molecule has 0 unspecified atom stereocenters. The number of hydrogen-bond donors (Lipinski definition) is 1. The van der Waals surface area contributed by atoms with E-state index in [9.17, 15) is 18.0 Å². The molecule has 0 aliphatic heterocycles. The Hall–Kier alpha value is -3.56. The lowest BCUT2D eigenvalue weighted by Crippen LogP contribution is -2.29. The van der Waals surface area contributed by atoms with Gasteiger partial charge in [0.15, 0.2) is 0 Å². The predicted molar refractivity (Wildman–Crippen MR) is 110 cm³/mol. The van der Waals surface area contributed by atoms with Gasteiger partial charge >= 0.3 is 6.36 Å². The molecule has 4 rings (SSSR count). The zero-order chi connectivity index (χ0) is 22.0. The number of pyridine rings is 1. The molecule has 162 valence electrons. The average Bonchev–Trinajstić information content (AvgIpc) is 3.43. The van der Waals surface area contributed by atoms with Gasteiger partial charge in [0, 0.05) is 37.6 Å². The number of aliphatic imine (C=N–C) groups is 1. The van der Waals surface area contributed by atoms with Crippen LogP contribution >= 0.6 is 0 Å². The number of ether oxygens (including phenoxy) is 1. The number of nitrogens with one attached hydrogen (secondary N) is 1. The van der Waals surface area contributed by atoms with Crippen LogP contribution < -0.4 is 15.0 Å². The molecule has 1 amide bonds. The molecule has 0 spiro atoms. The first-order valence-electron chi connectivity index (χ1n) is 9.67. The van der Waals surface area contributed by atoms with Gasteiger partial charge in [-0.3, -0.25) is 19.1 Å². The molecule has 1 aromatic carbocycles. The van der Waals surface area contributed by atoms with Gasteiger partial charge in [-0.15, -0.1) is 13.2 Å². The fourth-order valence-corrected chi connectivity index (χ4v) is 3.33. The maximum Gasteiger partial charge on any atom is 0.573 e. The zero-order valence-corrected chi connectivity index (χ0v) is 16.6. The summed E-state index contributed by atoms with van der Waals surface area (Å²) in [7, 11) is 1.58. The van der Waals surface area contributed by atoms with Crippen LogP contribution in [0.1, 0.15) is 18.4 Å². The van der Waals surface area contributed by atoms with Gasteiger partial charge in [0.25, 0.3) is 0 Å². The van der Waals surface area contributed by atoms with Crippen LogP contribution in [0.5, 0.6) is 5.75 Å². The molecule has 1 fully saturated rings. The smallest absolute Gasteiger partial charge is 0.406 e. The van der Waals surface area contributed by atoms with Gasteiger partial charge in [-0.2, -0.15) is 0 Å². The Labute approximate surface area is 176 Å². The molecule has 0 saturated heterocycles. The molecule has 1 saturated carbocycles. The van der Waals surface area contributed by atoms with Crippen LogP contribution in [0.3, 0.4) is 0 Å². The highest BCUT2D eigenvalue weighted by Gasteiger charge is 2.32. The Morgan fingerprint density at radius 3 is 2.84 bits per heavy atom. The number of carbonyl (C=O) groups excluding carboxylic acids is 1. The minimum Gasteiger partial charge on any atom is -0.406 e. The third-order valence-electron chi connectivity index (χ3n) is 4.96. The van der Waals surface area contributed by atoms with Crippen molar-refractivity contribution >= 4 is 29.4 Å². The van der Waals surface area contributed by atoms with Crippen molar-refractivity contribution in [3.05, 3.63) is 54.4 Å². The monoisotopic (exact) mass is 431 g/mol. The van der Waals surface area contributed by atoms with Gasteiger partial charge in [0.1, 0.15) is 23.1 Å². The fraction of sp³-hybridized carbons (Fsp3) is 0.286. The van der Waals surface area contributed by atoms with Crippen molar-refractivity contribution in [2.24, 2.45) is 10.9 Å². The lowest BCUT2D eigenvalue weighted by molar-refractivity contribution is -0.274. The van der Waals surface area contributed by atoms with E-state index in [1.165, 1.54) is 23.1 Å². The standard InChI is InChI=1S/C21H20F3N5O2/c1-25-20(27-12-14-5-6-14)16-8-7-15(31-21(22,23)24)11-17(16)29(13-30)19-4-2-3-18-26-9-10-28(18)19/h2-4,7-11,13-14H,5-6,12H2,1H3,(H,25,27). The number of alkyl halides is 3. The van der Waals surface area contributed by atoms with E-state index in [0.29, 0.717) is 41.7 Å². The minimum absolute atomic E-state index is 0.196. The Morgan fingerprint density at radius 2 is 2.16 bits per heavy atom. The summed E-state index contributed by atoms with van der Waals surface area (Å²) in [6, 6.07) is 8.98. The number of amides is 1. The van der Waals surface area contributed by atoms with Crippen molar-refractivity contribution in [3.63, 3.8) is 0 Å². The maximum absolute atomic E-state index is 12.8. The molecule has 31 heavy (non-hydrogen) atoms. The lowest BCUT2D eigenvalue weighted by atomic mass is 10.1. The molecule has 10 heteroatoms. The normalized spacial score (nSPS) is 14.5. The topological polar surface area (TPSA) is 71.2 Å². The number of rotatable bonds is 7. The first kappa shape index (κ1) is 20.7. The quantitative estimate of drug-likeness (QED) is 0.350. The van der Waals surface area contributed by atoms with Crippen molar-refractivity contribution in [2.75, 3.05) is 18.5 Å². The molecule has 1 N–H and O–H groups in total. The second-order valence-corrected chi connectivity index (χ2v) is 7.14. The van der Waals surface area contributed by atoms with E-state index in [2.05, 4.69) is 20.0 Å². The van der Waals surface area contributed by atoms with E-state index in [1.54, 1.807) is 42.0 Å². The number of benzene rings is 1. The Bertz CT molecular complexity index is 1120. The third kappa shape index (κ3) is 4.62. The summed E-state index contributed by atoms with van der Waals surface area (Å²) in [4.78, 5) is 21.9. The summed E-state index contributed by atoms with van der Waals surface area (Å²) in [6.07, 6.45) is 1.16. The van der Waals surface area contributed by atoms with E-state index in [0.717, 1.165) is 12.8 Å². The van der Waals surface area contributed by atoms with Crippen LogP contribution in [0.25, 0.3) is 5.65 Å². The summed E-state index contributed by atoms with van der Waals surface area (Å²) in [6.45, 7) is 0.700. The van der Waals surface area contributed by atoms with E-state index in [1.807, 2.05) is 0 Å². The van der Waals surface area contributed by atoms with E-state index in [4.69, 9.17) is 0 Å². The van der Waals surface area contributed by atoms with Crippen LogP contribution in [0.4, 0.5) is 24.7 Å². The number of halogens is 3. The van der Waals surface area contributed by atoms with Gasteiger partial charge in [-0.1, -0.05) is 6.07 Å². The van der Waals surface area contributed by atoms with Gasteiger partial charge in [0.2, 0.25) is 6.41 Å². The molecule has 7 nitrogen and oxygen atoms in total. The highest BCUT2D eigenvalue weighted by atomic mass is 19.4. The van der Waals surface area contributed by atoms with Crippen molar-refractivity contribution in [1.29, 1.82) is 0 Å².